The number of rotatable bonds is 1. The first kappa shape index (κ1) is 10.6. The molecule has 0 amide bonds. The highest BCUT2D eigenvalue weighted by Gasteiger charge is 2.36. The zero-order chi connectivity index (χ0) is 11.1. The average Bonchev–Trinajstić information content (AvgIpc) is 2.68. The molecule has 0 aliphatic rings. The van der Waals surface area contributed by atoms with Crippen molar-refractivity contribution in [1.29, 1.82) is 0 Å². The van der Waals surface area contributed by atoms with Gasteiger partial charge in [0.1, 0.15) is 5.56 Å². The van der Waals surface area contributed by atoms with Crippen LogP contribution < -0.4 is 0 Å². The third-order valence-corrected chi connectivity index (χ3v) is 3.75. The summed E-state index contributed by atoms with van der Waals surface area (Å²) >= 11 is 1.81. The van der Waals surface area contributed by atoms with Gasteiger partial charge >= 0.3 is 6.18 Å². The van der Waals surface area contributed by atoms with Gasteiger partial charge in [-0.2, -0.15) is 17.6 Å². The van der Waals surface area contributed by atoms with E-state index in [2.05, 4.69) is 0 Å². The largest absolute Gasteiger partial charge is 0.420 e. The van der Waals surface area contributed by atoms with Crippen LogP contribution in [0.15, 0.2) is 23.6 Å². The van der Waals surface area contributed by atoms with Crippen molar-refractivity contribution in [1.82, 2.24) is 0 Å². The van der Waals surface area contributed by atoms with Crippen LogP contribution in [0.2, 0.25) is 0 Å². The molecule has 0 saturated carbocycles. The topological polar surface area (TPSA) is 0 Å². The summed E-state index contributed by atoms with van der Waals surface area (Å²) in [4.78, 5) is 0.962. The van der Waals surface area contributed by atoms with Gasteiger partial charge in [0.25, 0.3) is 0 Å². The van der Waals surface area contributed by atoms with Crippen molar-refractivity contribution in [3.05, 3.63) is 34.3 Å². The molecule has 2 heterocycles. The lowest BCUT2D eigenvalue weighted by atomic mass is 10.3. The molecule has 80 valence electrons. The van der Waals surface area contributed by atoms with Crippen molar-refractivity contribution >= 4 is 22.7 Å². The van der Waals surface area contributed by atoms with Gasteiger partial charge in [0.05, 0.1) is 0 Å². The predicted molar refractivity (Wildman–Crippen MR) is 52.6 cm³/mol. The molecule has 0 aliphatic carbocycles. The van der Waals surface area contributed by atoms with Gasteiger partial charge in [0.2, 0.25) is 0 Å². The fraction of sp³-hybridized carbons (Fsp3) is 0.111. The third kappa shape index (κ3) is 2.05. The van der Waals surface area contributed by atoms with Crippen LogP contribution >= 0.6 is 22.7 Å². The predicted octanol–water partition coefficient (Wildman–Crippen LogP) is 4.63. The molecule has 0 bridgehead atoms. The van der Waals surface area contributed by atoms with Crippen LogP contribution in [-0.2, 0) is 6.18 Å². The normalized spacial score (nSPS) is 12.0. The highest BCUT2D eigenvalue weighted by Crippen LogP contribution is 2.40. The van der Waals surface area contributed by atoms with E-state index in [9.17, 15) is 17.6 Å². The van der Waals surface area contributed by atoms with Gasteiger partial charge in [-0.25, -0.2) is 0 Å². The van der Waals surface area contributed by atoms with E-state index in [4.69, 9.17) is 0 Å². The number of thiophene rings is 2. The number of halogens is 4. The Balaban J connectivity index is 2.47. The lowest BCUT2D eigenvalue weighted by molar-refractivity contribution is -0.139. The highest BCUT2D eigenvalue weighted by molar-refractivity contribution is 7.20. The molecule has 0 spiro atoms. The fourth-order valence-corrected chi connectivity index (χ4v) is 2.83. The quantitative estimate of drug-likeness (QED) is 0.649. The van der Waals surface area contributed by atoms with Gasteiger partial charge < -0.3 is 0 Å². The van der Waals surface area contributed by atoms with E-state index in [1.165, 1.54) is 11.3 Å². The van der Waals surface area contributed by atoms with Crippen LogP contribution in [0, 0.1) is 5.13 Å². The molecule has 0 nitrogen and oxygen atoms in total. The minimum atomic E-state index is -4.61. The maximum absolute atomic E-state index is 13.0. The Labute approximate surface area is 90.8 Å². The van der Waals surface area contributed by atoms with Crippen molar-refractivity contribution in [3.63, 3.8) is 0 Å². The van der Waals surface area contributed by atoms with E-state index >= 15 is 0 Å². The van der Waals surface area contributed by atoms with Crippen LogP contribution in [0.4, 0.5) is 17.6 Å². The first-order chi connectivity index (χ1) is 6.98. The molecule has 2 aromatic heterocycles. The average molecular weight is 252 g/mol. The second kappa shape index (κ2) is 3.61. The van der Waals surface area contributed by atoms with E-state index in [1.54, 1.807) is 17.5 Å². The van der Waals surface area contributed by atoms with E-state index in [-0.39, 0.29) is 0 Å². The monoisotopic (exact) mass is 252 g/mol. The molecule has 6 heteroatoms. The van der Waals surface area contributed by atoms with E-state index in [0.717, 1.165) is 6.07 Å². The molecule has 0 aromatic carbocycles. The molecule has 0 saturated heterocycles. The second-order valence-corrected chi connectivity index (χ2v) is 4.72. The Kier molecular flexibility index (Phi) is 2.56. The number of hydrogen-bond donors (Lipinski definition) is 0. The highest BCUT2D eigenvalue weighted by atomic mass is 32.1. The van der Waals surface area contributed by atoms with Gasteiger partial charge in [-0.1, -0.05) is 6.07 Å². The molecule has 2 aromatic rings. The van der Waals surface area contributed by atoms with Crippen LogP contribution in [0.25, 0.3) is 9.75 Å². The summed E-state index contributed by atoms with van der Waals surface area (Å²) < 4.78 is 49.8. The molecule has 2 rings (SSSR count). The van der Waals surface area contributed by atoms with Gasteiger partial charge in [0, 0.05) is 9.75 Å². The summed E-state index contributed by atoms with van der Waals surface area (Å²) in [6, 6.07) is 4.23. The zero-order valence-corrected chi connectivity index (χ0v) is 8.77. The molecule has 0 radical (unpaired) electrons. The summed E-state index contributed by atoms with van der Waals surface area (Å²) in [5, 5.41) is 0.561. The second-order valence-electron chi connectivity index (χ2n) is 2.77. The molecule has 0 aliphatic heterocycles. The zero-order valence-electron chi connectivity index (χ0n) is 7.14. The summed E-state index contributed by atoms with van der Waals surface area (Å²) in [6.45, 7) is 0. The van der Waals surface area contributed by atoms with Crippen molar-refractivity contribution in [2.75, 3.05) is 0 Å². The lowest BCUT2D eigenvalue weighted by Crippen LogP contribution is -2.04. The summed E-state index contributed by atoms with van der Waals surface area (Å²) in [6.07, 6.45) is -4.61. The van der Waals surface area contributed by atoms with Crippen molar-refractivity contribution in [2.24, 2.45) is 0 Å². The van der Waals surface area contributed by atoms with Crippen molar-refractivity contribution in [3.8, 4) is 9.75 Å². The smallest absolute Gasteiger partial charge is 0.194 e. The van der Waals surface area contributed by atoms with Crippen LogP contribution in [0.1, 0.15) is 5.56 Å². The maximum Gasteiger partial charge on any atom is 0.420 e. The van der Waals surface area contributed by atoms with Crippen molar-refractivity contribution in [2.45, 2.75) is 6.18 Å². The molecule has 15 heavy (non-hydrogen) atoms. The van der Waals surface area contributed by atoms with Crippen LogP contribution in [-0.4, -0.2) is 0 Å². The molecule has 0 atom stereocenters. The van der Waals surface area contributed by atoms with Gasteiger partial charge in [0.15, 0.2) is 5.13 Å². The molecule has 0 N–H and O–H groups in total. The minimum absolute atomic E-state index is 0.315. The van der Waals surface area contributed by atoms with Crippen molar-refractivity contribution < 1.29 is 17.6 Å². The summed E-state index contributed by atoms with van der Waals surface area (Å²) in [5.41, 5.74) is -1.18. The van der Waals surface area contributed by atoms with E-state index in [1.807, 2.05) is 0 Å². The Morgan fingerprint density at radius 1 is 1.13 bits per heavy atom. The standard InChI is InChI=1S/C9H4F4S2/c10-8-5(9(11,12)13)4-7(15-8)6-2-1-3-14-6/h1-4H. The van der Waals surface area contributed by atoms with E-state index in [0.29, 0.717) is 21.1 Å². The Morgan fingerprint density at radius 3 is 2.33 bits per heavy atom. The fourth-order valence-electron chi connectivity index (χ4n) is 1.10. The third-order valence-electron chi connectivity index (χ3n) is 1.76. The number of alkyl halides is 3. The molecule has 0 unspecified atom stereocenters. The summed E-state index contributed by atoms with van der Waals surface area (Å²) in [7, 11) is 0. The Morgan fingerprint density at radius 2 is 1.87 bits per heavy atom. The van der Waals surface area contributed by atoms with Crippen LogP contribution in [0.5, 0.6) is 0 Å². The lowest BCUT2D eigenvalue weighted by Gasteiger charge is -2.01. The van der Waals surface area contributed by atoms with Gasteiger partial charge in [-0.15, -0.1) is 22.7 Å². The number of hydrogen-bond acceptors (Lipinski definition) is 2. The minimum Gasteiger partial charge on any atom is -0.194 e. The first-order valence-electron chi connectivity index (χ1n) is 3.89. The maximum atomic E-state index is 13.0. The Bertz CT molecular complexity index is 453. The Hall–Kier alpha value is -0.880. The van der Waals surface area contributed by atoms with E-state index < -0.39 is 16.9 Å². The van der Waals surface area contributed by atoms with Gasteiger partial charge in [-0.3, -0.25) is 0 Å². The van der Waals surface area contributed by atoms with Gasteiger partial charge in [-0.05, 0) is 17.5 Å². The van der Waals surface area contributed by atoms with Crippen LogP contribution in [0.3, 0.4) is 0 Å². The SMILES string of the molecule is Fc1sc(-c2cccs2)cc1C(F)(F)F. The molecule has 0 fully saturated rings. The summed E-state index contributed by atoms with van der Waals surface area (Å²) in [5.74, 6) is 0. The molecular formula is C9H4F4S2. The first-order valence-corrected chi connectivity index (χ1v) is 5.58. The molecular weight excluding hydrogens is 248 g/mol.